The van der Waals surface area contributed by atoms with Crippen LogP contribution in [0, 0.1) is 11.3 Å². The molecule has 0 aliphatic rings. The van der Waals surface area contributed by atoms with Gasteiger partial charge in [0.2, 0.25) is 0 Å². The Labute approximate surface area is 119 Å². The first-order valence-electron chi connectivity index (χ1n) is 6.10. The van der Waals surface area contributed by atoms with E-state index in [0.29, 0.717) is 16.9 Å². The Kier molecular flexibility index (Phi) is 4.03. The Morgan fingerprint density at radius 2 is 1.86 bits per heavy atom. The molecule has 3 nitrogen and oxygen atoms in total. The largest absolute Gasteiger partial charge is 0.416 e. The van der Waals surface area contributed by atoms with Crippen LogP contribution in [0.4, 0.5) is 24.5 Å². The molecular formula is C15H12F3N3. The molecular weight excluding hydrogens is 279 g/mol. The van der Waals surface area contributed by atoms with Gasteiger partial charge in [0.25, 0.3) is 0 Å². The first kappa shape index (κ1) is 14.7. The van der Waals surface area contributed by atoms with Gasteiger partial charge in [-0.25, -0.2) is 0 Å². The van der Waals surface area contributed by atoms with Crippen LogP contribution < -0.4 is 11.1 Å². The topological polar surface area (TPSA) is 61.8 Å². The summed E-state index contributed by atoms with van der Waals surface area (Å²) in [7, 11) is 0. The number of anilines is 2. The van der Waals surface area contributed by atoms with Gasteiger partial charge in [-0.2, -0.15) is 18.4 Å². The van der Waals surface area contributed by atoms with Crippen LogP contribution >= 0.6 is 0 Å². The Balaban J connectivity index is 2.24. The number of nitriles is 1. The van der Waals surface area contributed by atoms with Crippen LogP contribution in [0.25, 0.3) is 0 Å². The van der Waals surface area contributed by atoms with E-state index in [4.69, 9.17) is 11.0 Å². The minimum atomic E-state index is -4.40. The van der Waals surface area contributed by atoms with E-state index in [1.807, 2.05) is 6.07 Å². The number of nitrogens with one attached hydrogen (secondary N) is 1. The highest BCUT2D eigenvalue weighted by molar-refractivity contribution is 5.68. The van der Waals surface area contributed by atoms with Crippen LogP contribution in [-0.4, -0.2) is 0 Å². The van der Waals surface area contributed by atoms with Crippen molar-refractivity contribution in [2.45, 2.75) is 12.7 Å². The minimum Gasteiger partial charge on any atom is -0.397 e. The Morgan fingerprint density at radius 3 is 2.52 bits per heavy atom. The normalized spacial score (nSPS) is 11.0. The van der Waals surface area contributed by atoms with Gasteiger partial charge in [0.05, 0.1) is 28.6 Å². The molecule has 21 heavy (non-hydrogen) atoms. The summed E-state index contributed by atoms with van der Waals surface area (Å²) in [6, 6.07) is 11.9. The summed E-state index contributed by atoms with van der Waals surface area (Å²) in [5, 5.41) is 11.7. The van der Waals surface area contributed by atoms with Gasteiger partial charge in [-0.15, -0.1) is 0 Å². The van der Waals surface area contributed by atoms with Crippen molar-refractivity contribution in [3.05, 3.63) is 59.2 Å². The standard InChI is InChI=1S/C15H12F3N3/c16-15(17,18)12-4-2-1-3-11(12)9-21-14-7-10(8-19)5-6-13(14)20/h1-7,21H,9,20H2. The van der Waals surface area contributed by atoms with E-state index >= 15 is 0 Å². The summed E-state index contributed by atoms with van der Waals surface area (Å²) < 4.78 is 38.6. The SMILES string of the molecule is N#Cc1ccc(N)c(NCc2ccccc2C(F)(F)F)c1. The summed E-state index contributed by atoms with van der Waals surface area (Å²) in [5.41, 5.74) is 6.36. The molecule has 0 atom stereocenters. The lowest BCUT2D eigenvalue weighted by Crippen LogP contribution is -2.12. The monoisotopic (exact) mass is 291 g/mol. The predicted octanol–water partition coefficient (Wildman–Crippen LogP) is 3.77. The highest BCUT2D eigenvalue weighted by Crippen LogP contribution is 2.32. The molecule has 6 heteroatoms. The van der Waals surface area contributed by atoms with Crippen LogP contribution in [-0.2, 0) is 12.7 Å². The third-order valence-electron chi connectivity index (χ3n) is 2.97. The molecule has 0 unspecified atom stereocenters. The molecule has 2 rings (SSSR count). The minimum absolute atomic E-state index is 0.0330. The third kappa shape index (κ3) is 3.45. The molecule has 3 N–H and O–H groups in total. The lowest BCUT2D eigenvalue weighted by molar-refractivity contribution is -0.138. The fourth-order valence-corrected chi connectivity index (χ4v) is 1.92. The number of alkyl halides is 3. The Hall–Kier alpha value is -2.68. The predicted molar refractivity (Wildman–Crippen MR) is 74.3 cm³/mol. The van der Waals surface area contributed by atoms with Gasteiger partial charge >= 0.3 is 6.18 Å². The summed E-state index contributed by atoms with van der Waals surface area (Å²) in [6.07, 6.45) is -4.40. The van der Waals surface area contributed by atoms with Crippen molar-refractivity contribution >= 4 is 11.4 Å². The maximum Gasteiger partial charge on any atom is 0.416 e. The van der Waals surface area contributed by atoms with Gasteiger partial charge in [0.15, 0.2) is 0 Å². The van der Waals surface area contributed by atoms with Crippen LogP contribution in [0.15, 0.2) is 42.5 Å². The molecule has 0 heterocycles. The zero-order chi connectivity index (χ0) is 15.5. The summed E-state index contributed by atoms with van der Waals surface area (Å²) in [5.74, 6) is 0. The highest BCUT2D eigenvalue weighted by atomic mass is 19.4. The zero-order valence-corrected chi connectivity index (χ0v) is 10.9. The van der Waals surface area contributed by atoms with Crippen molar-refractivity contribution in [2.24, 2.45) is 0 Å². The second kappa shape index (κ2) is 5.75. The summed E-state index contributed by atoms with van der Waals surface area (Å²) in [4.78, 5) is 0. The average molecular weight is 291 g/mol. The Bertz CT molecular complexity index is 687. The lowest BCUT2D eigenvalue weighted by Gasteiger charge is -2.14. The molecule has 0 spiro atoms. The number of hydrogen-bond acceptors (Lipinski definition) is 3. The average Bonchev–Trinajstić information content (AvgIpc) is 2.46. The van der Waals surface area contributed by atoms with Crippen molar-refractivity contribution in [3.63, 3.8) is 0 Å². The van der Waals surface area contributed by atoms with Gasteiger partial charge in [0.1, 0.15) is 0 Å². The molecule has 2 aromatic rings. The molecule has 0 radical (unpaired) electrons. The van der Waals surface area contributed by atoms with Crippen LogP contribution in [0.3, 0.4) is 0 Å². The number of halogens is 3. The second-order valence-electron chi connectivity index (χ2n) is 4.42. The second-order valence-corrected chi connectivity index (χ2v) is 4.42. The molecule has 0 aliphatic carbocycles. The van der Waals surface area contributed by atoms with Crippen molar-refractivity contribution in [3.8, 4) is 6.07 Å². The molecule has 0 saturated carbocycles. The van der Waals surface area contributed by atoms with Crippen molar-refractivity contribution in [1.82, 2.24) is 0 Å². The molecule has 0 aliphatic heterocycles. The maximum atomic E-state index is 12.9. The first-order chi connectivity index (χ1) is 9.91. The number of nitrogens with two attached hydrogens (primary N) is 1. The molecule has 2 aromatic carbocycles. The van der Waals surface area contributed by atoms with Gasteiger partial charge in [-0.3, -0.25) is 0 Å². The van der Waals surface area contributed by atoms with Crippen LogP contribution in [0.1, 0.15) is 16.7 Å². The molecule has 0 amide bonds. The van der Waals surface area contributed by atoms with E-state index in [1.54, 1.807) is 12.1 Å². The van der Waals surface area contributed by atoms with Crippen molar-refractivity contribution in [2.75, 3.05) is 11.1 Å². The van der Waals surface area contributed by atoms with E-state index in [2.05, 4.69) is 5.32 Å². The number of benzene rings is 2. The van der Waals surface area contributed by atoms with Gasteiger partial charge < -0.3 is 11.1 Å². The lowest BCUT2D eigenvalue weighted by atomic mass is 10.1. The third-order valence-corrected chi connectivity index (χ3v) is 2.97. The van der Waals surface area contributed by atoms with Gasteiger partial charge in [0, 0.05) is 6.54 Å². The van der Waals surface area contributed by atoms with Crippen molar-refractivity contribution < 1.29 is 13.2 Å². The molecule has 0 saturated heterocycles. The van der Waals surface area contributed by atoms with E-state index in [9.17, 15) is 13.2 Å². The van der Waals surface area contributed by atoms with Crippen LogP contribution in [0.5, 0.6) is 0 Å². The molecule has 0 bridgehead atoms. The molecule has 0 aromatic heterocycles. The highest BCUT2D eigenvalue weighted by Gasteiger charge is 2.32. The van der Waals surface area contributed by atoms with E-state index < -0.39 is 11.7 Å². The maximum absolute atomic E-state index is 12.9. The number of rotatable bonds is 3. The summed E-state index contributed by atoms with van der Waals surface area (Å²) >= 11 is 0. The first-order valence-corrected chi connectivity index (χ1v) is 6.10. The number of hydrogen-bond donors (Lipinski definition) is 2. The quantitative estimate of drug-likeness (QED) is 0.846. The molecule has 0 fully saturated rings. The van der Waals surface area contributed by atoms with E-state index in [-0.39, 0.29) is 12.1 Å². The number of nitrogen functional groups attached to an aromatic ring is 1. The van der Waals surface area contributed by atoms with Crippen LogP contribution in [0.2, 0.25) is 0 Å². The fourth-order valence-electron chi connectivity index (χ4n) is 1.92. The van der Waals surface area contributed by atoms with Gasteiger partial charge in [-0.05, 0) is 29.8 Å². The van der Waals surface area contributed by atoms with Crippen molar-refractivity contribution in [1.29, 1.82) is 5.26 Å². The fraction of sp³-hybridized carbons (Fsp3) is 0.133. The van der Waals surface area contributed by atoms with E-state index in [0.717, 1.165) is 6.07 Å². The number of nitrogens with zero attached hydrogens (tertiary/aromatic N) is 1. The Morgan fingerprint density at radius 1 is 1.14 bits per heavy atom. The smallest absolute Gasteiger partial charge is 0.397 e. The summed E-state index contributed by atoms with van der Waals surface area (Å²) in [6.45, 7) is -0.0330. The molecule has 108 valence electrons. The van der Waals surface area contributed by atoms with Gasteiger partial charge in [-0.1, -0.05) is 18.2 Å². The zero-order valence-electron chi connectivity index (χ0n) is 10.9. The van der Waals surface area contributed by atoms with E-state index in [1.165, 1.54) is 24.3 Å².